The van der Waals surface area contributed by atoms with Gasteiger partial charge in [-0.05, 0) is 178 Å². The van der Waals surface area contributed by atoms with Crippen molar-refractivity contribution in [2.24, 2.45) is 0 Å². The molecule has 6 aromatic heterocycles. The van der Waals surface area contributed by atoms with Gasteiger partial charge in [0.2, 0.25) is 35.7 Å². The van der Waals surface area contributed by atoms with Gasteiger partial charge in [0.1, 0.15) is 0 Å². The molecule has 0 spiro atoms. The first-order chi connectivity index (χ1) is 45.2. The smallest absolute Gasteiger partial charge is 0.213 e. The highest BCUT2D eigenvalue weighted by Crippen LogP contribution is 2.50. The van der Waals surface area contributed by atoms with Gasteiger partial charge in [0, 0.05) is 86.8 Å². The van der Waals surface area contributed by atoms with Crippen molar-refractivity contribution in [1.82, 2.24) is 29.9 Å². The van der Waals surface area contributed by atoms with Crippen molar-refractivity contribution in [3.05, 3.63) is 391 Å². The number of hydrogen-bond donors (Lipinski definition) is 0. The Morgan fingerprint density at radius 2 is 0.376 bits per heavy atom. The number of hydrogen-bond acceptors (Lipinski definition) is 9. The van der Waals surface area contributed by atoms with E-state index in [0.29, 0.717) is 71.9 Å². The number of carbonyl (C=O) groups is 3. The van der Waals surface area contributed by atoms with Crippen LogP contribution in [0.2, 0.25) is 0 Å². The lowest BCUT2D eigenvalue weighted by Crippen LogP contribution is -2.40. The first-order valence-electron chi connectivity index (χ1n) is 30.0. The first-order valence-corrected chi connectivity index (χ1v) is 30.0. The maximum absolute atomic E-state index is 14.0. The van der Waals surface area contributed by atoms with Crippen LogP contribution in [0.5, 0.6) is 0 Å². The molecular formula is C78H54F6N6O3. The minimum atomic E-state index is -0.692. The highest BCUT2D eigenvalue weighted by atomic mass is 19.2. The van der Waals surface area contributed by atoms with E-state index in [4.69, 9.17) is 0 Å². The number of aromatic nitrogens is 6. The molecule has 0 amide bonds. The Hall–Kier alpha value is -11.2. The fraction of sp³-hybridized carbons (Fsp3) is 0.115. The standard InChI is InChI=1S/3C26H18F2N2O/c3*27-23-13-17(9-11-29-23)15-26(16-18-10-12-30-24(28)14-18)21-7-3-1-5-19(21)25(31)20-6-2-4-8-22(20)26/h3*1-14H,15-16H2. The molecule has 0 fully saturated rings. The van der Waals surface area contributed by atoms with Gasteiger partial charge < -0.3 is 0 Å². The number of ketones is 3. The van der Waals surface area contributed by atoms with Gasteiger partial charge in [-0.1, -0.05) is 146 Å². The number of nitrogens with zero attached hydrogens (tertiary/aromatic N) is 6. The second-order valence-electron chi connectivity index (χ2n) is 23.5. The predicted octanol–water partition coefficient (Wildman–Crippen LogP) is 15.2. The highest BCUT2D eigenvalue weighted by Gasteiger charge is 2.47. The minimum absolute atomic E-state index is 0.0383. The largest absolute Gasteiger partial charge is 0.289 e. The summed E-state index contributed by atoms with van der Waals surface area (Å²) in [7, 11) is 0. The molecule has 0 aliphatic heterocycles. The molecule has 9 nitrogen and oxygen atoms in total. The van der Waals surface area contributed by atoms with Gasteiger partial charge in [0.15, 0.2) is 17.3 Å². The van der Waals surface area contributed by atoms with Crippen LogP contribution in [0.15, 0.2) is 256 Å². The van der Waals surface area contributed by atoms with Crippen LogP contribution in [-0.4, -0.2) is 47.3 Å². The molecule has 3 aliphatic carbocycles. The van der Waals surface area contributed by atoms with E-state index in [1.165, 1.54) is 73.6 Å². The summed E-state index contributed by atoms with van der Waals surface area (Å²) in [6, 6.07) is 64.2. The molecule has 0 bridgehead atoms. The van der Waals surface area contributed by atoms with E-state index in [0.717, 1.165) is 66.8 Å². The average Bonchev–Trinajstić information content (AvgIpc) is 0.744. The van der Waals surface area contributed by atoms with Gasteiger partial charge in [-0.25, -0.2) is 29.9 Å². The molecule has 0 N–H and O–H groups in total. The molecule has 15 rings (SSSR count). The molecule has 0 radical (unpaired) electrons. The van der Waals surface area contributed by atoms with Crippen molar-refractivity contribution in [1.29, 1.82) is 0 Å². The summed E-state index contributed by atoms with van der Waals surface area (Å²) in [6.45, 7) is 0. The topological polar surface area (TPSA) is 129 Å². The zero-order chi connectivity index (χ0) is 64.3. The van der Waals surface area contributed by atoms with E-state index >= 15 is 0 Å². The summed E-state index contributed by atoms with van der Waals surface area (Å²) in [5.74, 6) is -3.47. The normalized spacial score (nSPS) is 14.1. The third kappa shape index (κ3) is 12.0. The monoisotopic (exact) mass is 1240 g/mol. The van der Waals surface area contributed by atoms with Crippen molar-refractivity contribution in [3.63, 3.8) is 0 Å². The molecule has 0 saturated heterocycles. The van der Waals surface area contributed by atoms with E-state index in [9.17, 15) is 40.7 Å². The summed E-state index contributed by atoms with van der Waals surface area (Å²) in [6.07, 6.45) is 11.2. The third-order valence-corrected chi connectivity index (χ3v) is 17.9. The van der Waals surface area contributed by atoms with E-state index < -0.39 is 51.9 Å². The van der Waals surface area contributed by atoms with Crippen LogP contribution in [0.25, 0.3) is 0 Å². The molecule has 0 atom stereocenters. The molecule has 0 saturated carbocycles. The SMILES string of the molecule is O=C1c2ccccc2C(Cc2ccnc(F)c2)(Cc2ccnc(F)c2)c2ccccc21.O=C1c2ccccc2C(Cc2ccnc(F)c2)(Cc2ccnc(F)c2)c2ccccc21.O=C1c2ccccc2C(Cc2ccnc(F)c2)(Cc2ccnc(F)c2)c2ccccc21. The quantitative estimate of drug-likeness (QED) is 0.0867. The highest BCUT2D eigenvalue weighted by molar-refractivity contribution is 6.15. The Bertz CT molecular complexity index is 4090. The van der Waals surface area contributed by atoms with E-state index in [2.05, 4.69) is 29.9 Å². The Balaban J connectivity index is 0.000000127. The Labute approximate surface area is 531 Å². The second kappa shape index (κ2) is 25.6. The van der Waals surface area contributed by atoms with Gasteiger partial charge in [-0.2, -0.15) is 26.3 Å². The van der Waals surface area contributed by atoms with Crippen molar-refractivity contribution in [3.8, 4) is 0 Å². The zero-order valence-corrected chi connectivity index (χ0v) is 49.7. The second-order valence-corrected chi connectivity index (χ2v) is 23.5. The van der Waals surface area contributed by atoms with Crippen molar-refractivity contribution in [2.75, 3.05) is 0 Å². The molecule has 93 heavy (non-hydrogen) atoms. The predicted molar refractivity (Wildman–Crippen MR) is 339 cm³/mol. The Morgan fingerprint density at radius 3 is 0.527 bits per heavy atom. The zero-order valence-electron chi connectivity index (χ0n) is 49.7. The molecule has 6 heterocycles. The van der Waals surface area contributed by atoms with E-state index in [-0.39, 0.29) is 17.3 Å². The molecule has 456 valence electrons. The van der Waals surface area contributed by atoms with Gasteiger partial charge >= 0.3 is 0 Å². The van der Waals surface area contributed by atoms with Crippen LogP contribution >= 0.6 is 0 Å². The van der Waals surface area contributed by atoms with Crippen molar-refractivity contribution < 1.29 is 40.7 Å². The van der Waals surface area contributed by atoms with E-state index in [1.807, 2.05) is 146 Å². The Morgan fingerprint density at radius 1 is 0.226 bits per heavy atom. The van der Waals surface area contributed by atoms with Crippen LogP contribution < -0.4 is 0 Å². The summed E-state index contributed by atoms with van der Waals surface area (Å²) in [5.41, 5.74) is 11.3. The van der Waals surface area contributed by atoms with Crippen LogP contribution in [0.1, 0.15) is 115 Å². The molecule has 15 heteroatoms. The molecular weight excluding hydrogens is 1180 g/mol. The third-order valence-electron chi connectivity index (χ3n) is 17.9. The van der Waals surface area contributed by atoms with Gasteiger partial charge in [0.05, 0.1) is 0 Å². The maximum atomic E-state index is 14.0. The average molecular weight is 1240 g/mol. The number of carbonyl (C=O) groups excluding carboxylic acids is 3. The summed E-state index contributed by atoms with van der Waals surface area (Å²) < 4.78 is 83.7. The lowest BCUT2D eigenvalue weighted by Gasteiger charge is -2.41. The summed E-state index contributed by atoms with van der Waals surface area (Å²) >= 11 is 0. The molecule has 6 aromatic carbocycles. The van der Waals surface area contributed by atoms with E-state index in [1.54, 1.807) is 36.4 Å². The summed E-state index contributed by atoms with van der Waals surface area (Å²) in [4.78, 5) is 61.8. The van der Waals surface area contributed by atoms with Crippen molar-refractivity contribution >= 4 is 17.3 Å². The van der Waals surface area contributed by atoms with Gasteiger partial charge in [-0.15, -0.1) is 0 Å². The first kappa shape index (κ1) is 60.7. The van der Waals surface area contributed by atoms with Crippen LogP contribution in [-0.2, 0) is 54.8 Å². The molecule has 0 unspecified atom stereocenters. The fourth-order valence-electron chi connectivity index (χ4n) is 14.2. The number of benzene rings is 6. The van der Waals surface area contributed by atoms with Crippen LogP contribution in [0, 0.1) is 35.7 Å². The van der Waals surface area contributed by atoms with Crippen molar-refractivity contribution in [2.45, 2.75) is 54.8 Å². The fourth-order valence-corrected chi connectivity index (χ4v) is 14.2. The molecule has 3 aliphatic rings. The Kier molecular flexibility index (Phi) is 16.7. The van der Waals surface area contributed by atoms with Crippen LogP contribution in [0.3, 0.4) is 0 Å². The van der Waals surface area contributed by atoms with Gasteiger partial charge in [0.25, 0.3) is 0 Å². The van der Waals surface area contributed by atoms with Crippen LogP contribution in [0.4, 0.5) is 26.3 Å². The lowest BCUT2D eigenvalue weighted by molar-refractivity contribution is 0.102. The number of pyridine rings is 6. The number of rotatable bonds is 12. The minimum Gasteiger partial charge on any atom is -0.289 e. The molecule has 12 aromatic rings. The number of halogens is 6. The maximum Gasteiger partial charge on any atom is 0.213 e. The number of fused-ring (bicyclic) bond motifs is 6. The lowest BCUT2D eigenvalue weighted by atomic mass is 9.61. The van der Waals surface area contributed by atoms with Gasteiger partial charge in [-0.3, -0.25) is 14.4 Å². The summed E-state index contributed by atoms with van der Waals surface area (Å²) in [5, 5.41) is 0.